The lowest BCUT2D eigenvalue weighted by atomic mass is 9.75. The van der Waals surface area contributed by atoms with Crippen LogP contribution in [0.5, 0.6) is 0 Å². The first kappa shape index (κ1) is 25.5. The summed E-state index contributed by atoms with van der Waals surface area (Å²) < 4.78 is 18.8. The Morgan fingerprint density at radius 1 is 1.17 bits per heavy atom. The molecule has 0 aromatic carbocycles. The average molecular weight is 500 g/mol. The molecule has 8 atom stereocenters. The first-order valence-corrected chi connectivity index (χ1v) is 13.0. The summed E-state index contributed by atoms with van der Waals surface area (Å²) in [6, 6.07) is 0. The number of methoxy groups -OCH3 is 1. The van der Waals surface area contributed by atoms with E-state index in [1.807, 2.05) is 26.8 Å². The normalized spacial score (nSPS) is 43.5. The van der Waals surface area contributed by atoms with E-state index in [4.69, 9.17) is 14.2 Å². The molecular formula is C28H37NO7. The van der Waals surface area contributed by atoms with Crippen molar-refractivity contribution in [2.45, 2.75) is 96.5 Å². The molecule has 196 valence electrons. The fraction of sp³-hybridized carbons (Fsp3) is 0.679. The third-order valence-corrected chi connectivity index (χ3v) is 9.20. The predicted octanol–water partition coefficient (Wildman–Crippen LogP) is 2.85. The van der Waals surface area contributed by atoms with Gasteiger partial charge in [0, 0.05) is 31.1 Å². The molecule has 0 aromatic heterocycles. The molecule has 3 fully saturated rings. The summed E-state index contributed by atoms with van der Waals surface area (Å²) in [4.78, 5) is 42.4. The molecule has 8 nitrogen and oxygen atoms in total. The van der Waals surface area contributed by atoms with E-state index >= 15 is 0 Å². The summed E-state index contributed by atoms with van der Waals surface area (Å²) in [5.41, 5.74) is -1.54. The van der Waals surface area contributed by atoms with E-state index in [0.29, 0.717) is 30.5 Å². The zero-order valence-corrected chi connectivity index (χ0v) is 22.2. The smallest absolute Gasteiger partial charge is 0.241 e. The fourth-order valence-electron chi connectivity index (χ4n) is 7.41. The minimum Gasteiger partial charge on any atom is -0.390 e. The number of nitrogens with zero attached hydrogens (tertiary/aromatic N) is 1. The van der Waals surface area contributed by atoms with E-state index in [-0.39, 0.29) is 35.4 Å². The first-order valence-electron chi connectivity index (χ1n) is 13.0. The first-order chi connectivity index (χ1) is 16.9. The molecule has 2 saturated heterocycles. The molecule has 2 aliphatic carbocycles. The Morgan fingerprint density at radius 2 is 1.86 bits per heavy atom. The number of Topliss-reactive ketones (excluding diaryl/α,β-unsaturated/α-hetero) is 1. The van der Waals surface area contributed by atoms with Gasteiger partial charge in [0.1, 0.15) is 16.6 Å². The second-order valence-corrected chi connectivity index (χ2v) is 11.5. The number of carbonyl (C=O) groups excluding carboxylic acids is 3. The van der Waals surface area contributed by atoms with Crippen molar-refractivity contribution in [1.29, 1.82) is 0 Å². The Balaban J connectivity index is 1.67. The molecule has 3 heterocycles. The highest BCUT2D eigenvalue weighted by molar-refractivity contribution is 6.18. The largest absolute Gasteiger partial charge is 0.390 e. The molecule has 5 aliphatic rings. The molecule has 0 aromatic rings. The van der Waals surface area contributed by atoms with Crippen molar-refractivity contribution in [3.8, 4) is 0 Å². The van der Waals surface area contributed by atoms with Gasteiger partial charge in [-0.2, -0.15) is 0 Å². The molecule has 5 rings (SSSR count). The van der Waals surface area contributed by atoms with Crippen molar-refractivity contribution in [2.24, 2.45) is 17.3 Å². The molecule has 1 N–H and O–H groups in total. The average Bonchev–Trinajstić information content (AvgIpc) is 3.10. The van der Waals surface area contributed by atoms with Crippen LogP contribution in [0.4, 0.5) is 0 Å². The number of aliphatic hydroxyl groups excluding tert-OH is 1. The Hall–Kier alpha value is -2.13. The highest BCUT2D eigenvalue weighted by atomic mass is 16.7. The Bertz CT molecular complexity index is 1120. The summed E-state index contributed by atoms with van der Waals surface area (Å²) in [7, 11) is 1.59. The van der Waals surface area contributed by atoms with Crippen molar-refractivity contribution in [3.63, 3.8) is 0 Å². The van der Waals surface area contributed by atoms with Crippen LogP contribution in [0.15, 0.2) is 35.1 Å². The quantitative estimate of drug-likeness (QED) is 0.469. The zero-order chi connectivity index (χ0) is 26.4. The molecule has 0 spiro atoms. The molecule has 8 heteroatoms. The van der Waals surface area contributed by atoms with Crippen LogP contribution in [0, 0.1) is 17.3 Å². The van der Waals surface area contributed by atoms with Crippen molar-refractivity contribution in [3.05, 3.63) is 35.1 Å². The van der Waals surface area contributed by atoms with Gasteiger partial charge in [0.25, 0.3) is 0 Å². The van der Waals surface area contributed by atoms with Crippen molar-refractivity contribution >= 4 is 17.5 Å². The standard InChI is InChI=1S/C28H37NO7/c1-8-27-13-14(2)22-15(3)23(36-21-10-9-19(31)16(4)35-21)18-11-17(30)12-20(28(18,22)34-7)29(27)25(33)26(5,6)24(27)32/h11-13,15-16,19,21-23,31H,8-10H2,1-7H3/t15-,16-,19-,21+,22-,23+,27+,28+/m1/s1. The number of rotatable bonds is 4. The van der Waals surface area contributed by atoms with Gasteiger partial charge in [-0.3, -0.25) is 19.3 Å². The predicted molar refractivity (Wildman–Crippen MR) is 130 cm³/mol. The summed E-state index contributed by atoms with van der Waals surface area (Å²) in [6.07, 6.45) is 4.51. The number of ketones is 2. The maximum absolute atomic E-state index is 13.9. The van der Waals surface area contributed by atoms with Crippen LogP contribution in [0.1, 0.15) is 60.8 Å². The number of allylic oxidation sites excluding steroid dienone is 2. The Labute approximate surface area is 212 Å². The summed E-state index contributed by atoms with van der Waals surface area (Å²) in [5, 5.41) is 10.1. The molecule has 1 amide bonds. The van der Waals surface area contributed by atoms with E-state index in [1.165, 1.54) is 6.08 Å². The van der Waals surface area contributed by atoms with Gasteiger partial charge in [0.2, 0.25) is 5.91 Å². The van der Waals surface area contributed by atoms with Gasteiger partial charge >= 0.3 is 0 Å². The molecular weight excluding hydrogens is 462 g/mol. The minimum atomic E-state index is -1.23. The van der Waals surface area contributed by atoms with Gasteiger partial charge in [-0.1, -0.05) is 25.5 Å². The van der Waals surface area contributed by atoms with Crippen LogP contribution < -0.4 is 0 Å². The molecule has 36 heavy (non-hydrogen) atoms. The van der Waals surface area contributed by atoms with Gasteiger partial charge in [-0.25, -0.2) is 0 Å². The van der Waals surface area contributed by atoms with Gasteiger partial charge in [-0.15, -0.1) is 0 Å². The second-order valence-electron chi connectivity index (χ2n) is 11.5. The lowest BCUT2D eigenvalue weighted by Crippen LogP contribution is -2.54. The van der Waals surface area contributed by atoms with Crippen molar-refractivity contribution < 1.29 is 33.7 Å². The van der Waals surface area contributed by atoms with Gasteiger partial charge in [0.15, 0.2) is 17.9 Å². The number of carbonyl (C=O) groups is 3. The van der Waals surface area contributed by atoms with Crippen LogP contribution in [0.2, 0.25) is 0 Å². The maximum atomic E-state index is 13.9. The highest BCUT2D eigenvalue weighted by Gasteiger charge is 2.70. The molecule has 1 saturated carbocycles. The third kappa shape index (κ3) is 3.04. The number of hydrogen-bond donors (Lipinski definition) is 1. The van der Waals surface area contributed by atoms with Crippen LogP contribution in [-0.2, 0) is 28.6 Å². The van der Waals surface area contributed by atoms with Crippen LogP contribution >= 0.6 is 0 Å². The van der Waals surface area contributed by atoms with Crippen molar-refractivity contribution in [1.82, 2.24) is 4.90 Å². The van der Waals surface area contributed by atoms with Gasteiger partial charge < -0.3 is 19.3 Å². The van der Waals surface area contributed by atoms with Gasteiger partial charge in [-0.05, 0) is 52.5 Å². The van der Waals surface area contributed by atoms with E-state index in [9.17, 15) is 19.5 Å². The molecule has 0 bridgehead atoms. The van der Waals surface area contributed by atoms with Crippen molar-refractivity contribution in [2.75, 3.05) is 7.11 Å². The number of aliphatic hydroxyl groups is 1. The number of amides is 1. The third-order valence-electron chi connectivity index (χ3n) is 9.20. The highest BCUT2D eigenvalue weighted by Crippen LogP contribution is 2.61. The topological polar surface area (TPSA) is 102 Å². The summed E-state index contributed by atoms with van der Waals surface area (Å²) in [6.45, 7) is 11.1. The van der Waals surface area contributed by atoms with E-state index < -0.39 is 35.1 Å². The number of hydrogen-bond acceptors (Lipinski definition) is 7. The van der Waals surface area contributed by atoms with Crippen LogP contribution in [-0.4, -0.2) is 70.3 Å². The summed E-state index contributed by atoms with van der Waals surface area (Å²) >= 11 is 0. The zero-order valence-electron chi connectivity index (χ0n) is 22.2. The fourth-order valence-corrected chi connectivity index (χ4v) is 7.41. The maximum Gasteiger partial charge on any atom is 0.241 e. The van der Waals surface area contributed by atoms with E-state index in [0.717, 1.165) is 5.57 Å². The lowest BCUT2D eigenvalue weighted by molar-refractivity contribution is -0.233. The van der Waals surface area contributed by atoms with Crippen LogP contribution in [0.3, 0.4) is 0 Å². The molecule has 0 unspecified atom stereocenters. The van der Waals surface area contributed by atoms with E-state index in [1.54, 1.807) is 31.9 Å². The van der Waals surface area contributed by atoms with E-state index in [2.05, 4.69) is 6.92 Å². The Morgan fingerprint density at radius 3 is 2.47 bits per heavy atom. The second kappa shape index (κ2) is 8.18. The lowest BCUT2D eigenvalue weighted by Gasteiger charge is -2.44. The van der Waals surface area contributed by atoms with Crippen LogP contribution in [0.25, 0.3) is 0 Å². The monoisotopic (exact) mass is 499 g/mol. The minimum absolute atomic E-state index is 0.139. The SMILES string of the molecule is CC[C@@]12C=C(C)[C@@H]3[C@@H](C)[C@H](O[C@H]4CC[C@@H](O)[C@@H](C)O4)C4=CC(=O)C=C(N1C(=O)C(C)(C)C2=O)[C@@]43OC. The Kier molecular flexibility index (Phi) is 5.80. The number of fused-ring (bicyclic) bond motifs is 2. The summed E-state index contributed by atoms with van der Waals surface area (Å²) in [5.74, 6) is -1.16. The van der Waals surface area contributed by atoms with Gasteiger partial charge in [0.05, 0.1) is 24.0 Å². The molecule has 0 radical (unpaired) electrons. The number of ether oxygens (including phenoxy) is 3. The molecule has 3 aliphatic heterocycles.